The zero-order chi connectivity index (χ0) is 29.6. The molecule has 11 heteroatoms. The van der Waals surface area contributed by atoms with Crippen molar-refractivity contribution in [3.63, 3.8) is 0 Å². The van der Waals surface area contributed by atoms with Crippen LogP contribution in [0.25, 0.3) is 21.6 Å². The molecule has 5 rings (SSSR count). The monoisotopic (exact) mass is 586 g/mol. The second kappa shape index (κ2) is 12.9. The van der Waals surface area contributed by atoms with Gasteiger partial charge in [-0.25, -0.2) is 9.78 Å². The summed E-state index contributed by atoms with van der Waals surface area (Å²) < 4.78 is 6.07. The molecule has 0 fully saturated rings. The number of anilines is 1. The van der Waals surface area contributed by atoms with E-state index in [2.05, 4.69) is 15.6 Å². The van der Waals surface area contributed by atoms with E-state index in [9.17, 15) is 19.5 Å². The van der Waals surface area contributed by atoms with Crippen LogP contribution < -0.4 is 21.1 Å². The van der Waals surface area contributed by atoms with E-state index < -0.39 is 17.8 Å². The largest absolute Gasteiger partial charge is 0.493 e. The minimum Gasteiger partial charge on any atom is -0.493 e. The van der Waals surface area contributed by atoms with Crippen molar-refractivity contribution < 1.29 is 29.3 Å². The lowest BCUT2D eigenvalue weighted by atomic mass is 9.93. The molecule has 10 nitrogen and oxygen atoms in total. The van der Waals surface area contributed by atoms with E-state index in [0.29, 0.717) is 56.0 Å². The number of rotatable bonds is 10. The van der Waals surface area contributed by atoms with Gasteiger partial charge in [-0.05, 0) is 71.8 Å². The van der Waals surface area contributed by atoms with Crippen LogP contribution in [0.5, 0.6) is 5.75 Å². The SMILES string of the molecule is NCc1ccc(NC(=O)c2cc3c(cc2-c2ccc(C(=O)NCCCCO)nc2C(=O)O)OCCc2ccsc2-3)cc1. The highest BCUT2D eigenvalue weighted by Crippen LogP contribution is 2.43. The quantitative estimate of drug-likeness (QED) is 0.172. The number of carbonyl (C=O) groups excluding carboxylic acids is 2. The Morgan fingerprint density at radius 3 is 2.52 bits per heavy atom. The first kappa shape index (κ1) is 28.9. The Morgan fingerprint density at radius 1 is 0.976 bits per heavy atom. The molecule has 6 N–H and O–H groups in total. The third-order valence-corrected chi connectivity index (χ3v) is 7.91. The second-order valence-electron chi connectivity index (χ2n) is 9.71. The molecule has 1 aliphatic rings. The van der Waals surface area contributed by atoms with Gasteiger partial charge in [0.1, 0.15) is 11.4 Å². The number of carboxylic acids is 1. The topological polar surface area (TPSA) is 164 Å². The average molecular weight is 587 g/mol. The smallest absolute Gasteiger partial charge is 0.355 e. The summed E-state index contributed by atoms with van der Waals surface area (Å²) in [7, 11) is 0. The number of nitrogens with zero attached hydrogens (tertiary/aromatic N) is 1. The number of carbonyl (C=O) groups is 3. The number of amides is 2. The number of aromatic carboxylic acids is 1. The lowest BCUT2D eigenvalue weighted by Crippen LogP contribution is -2.26. The van der Waals surface area contributed by atoms with Gasteiger partial charge in [-0.1, -0.05) is 12.1 Å². The summed E-state index contributed by atoms with van der Waals surface area (Å²) in [5, 5.41) is 26.6. The molecular weight excluding hydrogens is 556 g/mol. The third-order valence-electron chi connectivity index (χ3n) is 6.92. The zero-order valence-corrected chi connectivity index (χ0v) is 23.5. The molecule has 2 amide bonds. The molecule has 0 saturated carbocycles. The Labute approximate surface area is 246 Å². The van der Waals surface area contributed by atoms with E-state index in [1.54, 1.807) is 35.6 Å². The van der Waals surface area contributed by atoms with Gasteiger partial charge in [0.05, 0.1) is 6.61 Å². The Morgan fingerprint density at radius 2 is 1.79 bits per heavy atom. The van der Waals surface area contributed by atoms with Crippen molar-refractivity contribution in [1.82, 2.24) is 10.3 Å². The summed E-state index contributed by atoms with van der Waals surface area (Å²) in [5.41, 5.74) is 9.29. The van der Waals surface area contributed by atoms with Gasteiger partial charge in [0.15, 0.2) is 5.69 Å². The fraction of sp³-hybridized carbons (Fsp3) is 0.226. The maximum absolute atomic E-state index is 13.8. The highest BCUT2D eigenvalue weighted by molar-refractivity contribution is 7.13. The van der Waals surface area contributed by atoms with Crippen molar-refractivity contribution in [1.29, 1.82) is 0 Å². The molecule has 0 spiro atoms. The van der Waals surface area contributed by atoms with Crippen molar-refractivity contribution in [2.45, 2.75) is 25.8 Å². The van der Waals surface area contributed by atoms with E-state index in [0.717, 1.165) is 21.6 Å². The van der Waals surface area contributed by atoms with Crippen LogP contribution in [0.3, 0.4) is 0 Å². The van der Waals surface area contributed by atoms with Crippen molar-refractivity contribution in [3.8, 4) is 27.3 Å². The average Bonchev–Trinajstić information content (AvgIpc) is 3.40. The molecule has 42 heavy (non-hydrogen) atoms. The Balaban J connectivity index is 1.59. The number of carboxylic acid groups (broad SMARTS) is 1. The van der Waals surface area contributed by atoms with Crippen LogP contribution in [0, 0.1) is 0 Å². The van der Waals surface area contributed by atoms with Gasteiger partial charge in [-0.15, -0.1) is 11.3 Å². The van der Waals surface area contributed by atoms with Crippen molar-refractivity contribution in [2.24, 2.45) is 5.73 Å². The van der Waals surface area contributed by atoms with Gasteiger partial charge in [0.2, 0.25) is 0 Å². The minimum absolute atomic E-state index is 0.0131. The second-order valence-corrected chi connectivity index (χ2v) is 10.6. The number of thiophene rings is 1. The molecule has 0 saturated heterocycles. The number of nitrogens with one attached hydrogen (secondary N) is 2. The van der Waals surface area contributed by atoms with Crippen LogP contribution in [-0.4, -0.2) is 52.7 Å². The van der Waals surface area contributed by atoms with Gasteiger partial charge < -0.3 is 31.3 Å². The number of aliphatic hydroxyl groups is 1. The number of nitrogens with two attached hydrogens (primary N) is 1. The number of ether oxygens (including phenoxy) is 1. The van der Waals surface area contributed by atoms with Gasteiger partial charge in [0.25, 0.3) is 11.8 Å². The number of aliphatic hydroxyl groups excluding tert-OH is 1. The highest BCUT2D eigenvalue weighted by atomic mass is 32.1. The van der Waals surface area contributed by atoms with Gasteiger partial charge >= 0.3 is 5.97 Å². The third kappa shape index (κ3) is 6.18. The van der Waals surface area contributed by atoms with Crippen LogP contribution in [0.2, 0.25) is 0 Å². The number of benzene rings is 2. The summed E-state index contributed by atoms with van der Waals surface area (Å²) >= 11 is 1.55. The lowest BCUT2D eigenvalue weighted by molar-refractivity contribution is 0.0691. The highest BCUT2D eigenvalue weighted by Gasteiger charge is 2.26. The van der Waals surface area contributed by atoms with Gasteiger partial charge in [-0.3, -0.25) is 9.59 Å². The number of unbranched alkanes of at least 4 members (excludes halogenated alkanes) is 1. The molecule has 0 radical (unpaired) electrons. The van der Waals surface area contributed by atoms with E-state index in [4.69, 9.17) is 15.6 Å². The Bertz CT molecular complexity index is 1630. The molecule has 0 aliphatic carbocycles. The normalized spacial score (nSPS) is 12.0. The minimum atomic E-state index is -1.35. The van der Waals surface area contributed by atoms with Gasteiger partial charge in [-0.2, -0.15) is 0 Å². The standard InChI is InChI=1S/C31H30N4O6S/c32-17-18-3-5-20(6-4-18)34-29(37)23-15-24-26(41-13-9-19-10-14-42-28(19)24)16-22(23)21-7-8-25(35-27(21)31(39)40)30(38)33-11-1-2-12-36/h3-8,10,14-16,36H,1-2,9,11-13,17,32H2,(H,33,38)(H,34,37)(H,39,40). The van der Waals surface area contributed by atoms with E-state index in [1.165, 1.54) is 12.1 Å². The number of pyridine rings is 1. The lowest BCUT2D eigenvalue weighted by Gasteiger charge is -2.17. The number of hydrogen-bond donors (Lipinski definition) is 5. The molecule has 0 atom stereocenters. The number of aromatic nitrogens is 1. The first-order valence-electron chi connectivity index (χ1n) is 13.5. The summed E-state index contributed by atoms with van der Waals surface area (Å²) in [6.45, 7) is 1.12. The molecule has 0 bridgehead atoms. The molecule has 2 aromatic carbocycles. The summed E-state index contributed by atoms with van der Waals surface area (Å²) in [6.07, 6.45) is 1.80. The van der Waals surface area contributed by atoms with Crippen molar-refractivity contribution >= 4 is 34.8 Å². The van der Waals surface area contributed by atoms with Crippen LogP contribution in [0.4, 0.5) is 5.69 Å². The predicted molar refractivity (Wildman–Crippen MR) is 160 cm³/mol. The predicted octanol–water partition coefficient (Wildman–Crippen LogP) is 4.32. The summed E-state index contributed by atoms with van der Waals surface area (Å²) in [5.74, 6) is -1.80. The Kier molecular flexibility index (Phi) is 8.91. The first-order valence-corrected chi connectivity index (χ1v) is 14.4. The molecule has 0 unspecified atom stereocenters. The molecule has 3 heterocycles. The van der Waals surface area contributed by atoms with Crippen LogP contribution in [0.15, 0.2) is 60.0 Å². The van der Waals surface area contributed by atoms with Crippen molar-refractivity contribution in [3.05, 3.63) is 88.1 Å². The van der Waals surface area contributed by atoms with E-state index >= 15 is 0 Å². The summed E-state index contributed by atoms with van der Waals surface area (Å²) in [6, 6.07) is 15.5. The fourth-order valence-electron chi connectivity index (χ4n) is 4.75. The van der Waals surface area contributed by atoms with E-state index in [-0.39, 0.29) is 29.1 Å². The molecule has 2 aromatic heterocycles. The van der Waals surface area contributed by atoms with E-state index in [1.807, 2.05) is 23.6 Å². The molecular formula is C31H30N4O6S. The molecule has 1 aliphatic heterocycles. The molecule has 216 valence electrons. The van der Waals surface area contributed by atoms with Gasteiger partial charge in [0, 0.05) is 58.9 Å². The van der Waals surface area contributed by atoms with Crippen molar-refractivity contribution in [2.75, 3.05) is 25.1 Å². The number of fused-ring (bicyclic) bond motifs is 3. The number of hydrogen-bond acceptors (Lipinski definition) is 8. The first-order chi connectivity index (χ1) is 20.4. The van der Waals surface area contributed by atoms with Crippen LogP contribution in [0.1, 0.15) is 55.3 Å². The zero-order valence-electron chi connectivity index (χ0n) is 22.7. The Hall–Kier alpha value is -4.58. The molecule has 4 aromatic rings. The fourth-order valence-corrected chi connectivity index (χ4v) is 5.72. The maximum atomic E-state index is 13.8. The van der Waals surface area contributed by atoms with Crippen LogP contribution >= 0.6 is 11.3 Å². The maximum Gasteiger partial charge on any atom is 0.355 e. The van der Waals surface area contributed by atoms with Crippen LogP contribution in [-0.2, 0) is 13.0 Å². The summed E-state index contributed by atoms with van der Waals surface area (Å²) in [4.78, 5) is 44.0.